The maximum Gasteiger partial charge on any atom is 0.373 e. The van der Waals surface area contributed by atoms with E-state index in [0.717, 1.165) is 11.4 Å². The highest BCUT2D eigenvalue weighted by Crippen LogP contribution is 2.16. The molecular formula is C30H42N2O10. The van der Waals surface area contributed by atoms with Gasteiger partial charge in [-0.2, -0.15) is 19.2 Å². The fraction of sp³-hybridized carbons (Fsp3) is 0.433. The highest BCUT2D eigenvalue weighted by molar-refractivity contribution is 6.37. The molecule has 0 radical (unpaired) electrons. The van der Waals surface area contributed by atoms with Crippen molar-refractivity contribution in [2.24, 2.45) is 16.8 Å². The van der Waals surface area contributed by atoms with E-state index in [1.807, 2.05) is 88.4 Å². The smallest absolute Gasteiger partial charge is 0.373 e. The Hall–Kier alpha value is -4.47. The molecule has 0 aliphatic carbocycles. The molecule has 0 heterocycles. The fourth-order valence-corrected chi connectivity index (χ4v) is 2.32. The number of hydrogen-bond donors (Lipinski definition) is 3. The topological polar surface area (TPSA) is 200 Å². The Morgan fingerprint density at radius 2 is 1.12 bits per heavy atom. The van der Waals surface area contributed by atoms with E-state index in [0.29, 0.717) is 5.71 Å². The van der Waals surface area contributed by atoms with Gasteiger partial charge in [0.1, 0.15) is 5.71 Å². The maximum absolute atomic E-state index is 11.8. The van der Waals surface area contributed by atoms with Crippen LogP contribution in [-0.4, -0.2) is 58.2 Å². The van der Waals surface area contributed by atoms with Gasteiger partial charge in [-0.3, -0.25) is 0 Å². The highest BCUT2D eigenvalue weighted by Gasteiger charge is 2.39. The number of ether oxygens (including phenoxy) is 2. The Labute approximate surface area is 246 Å². The van der Waals surface area contributed by atoms with Gasteiger partial charge in [-0.1, -0.05) is 64.1 Å². The summed E-state index contributed by atoms with van der Waals surface area (Å²) in [6, 6.07) is 18.9. The van der Waals surface area contributed by atoms with Crippen molar-refractivity contribution < 1.29 is 48.5 Å². The standard InChI is InChI=1S/C14H19NO2.C8H16O4.C6H7N.2CO2/c1-10(2)13(14(16)17-11(3)4)15-12-8-6-5-7-9-12;1-5(2)8(10,11)7(9)12-6(3)4;7-6-4-2-1-3-5-6;2*2-1-3/h5-11H,1-4H3;5-6,10-11H,1-4H3;1-5H,7H2;;. The molecular weight excluding hydrogens is 548 g/mol. The van der Waals surface area contributed by atoms with Gasteiger partial charge in [0, 0.05) is 17.5 Å². The van der Waals surface area contributed by atoms with Crippen LogP contribution in [0.3, 0.4) is 0 Å². The Balaban J connectivity index is -0.000000526. The second-order valence-corrected chi connectivity index (χ2v) is 9.35. The van der Waals surface area contributed by atoms with Crippen LogP contribution in [0.25, 0.3) is 0 Å². The lowest BCUT2D eigenvalue weighted by Gasteiger charge is -2.24. The van der Waals surface area contributed by atoms with Crippen LogP contribution in [0.2, 0.25) is 0 Å². The molecule has 4 N–H and O–H groups in total. The number of benzene rings is 2. The first-order valence-corrected chi connectivity index (χ1v) is 12.8. The number of para-hydroxylation sites is 2. The molecule has 0 saturated heterocycles. The molecule has 2 aromatic carbocycles. The van der Waals surface area contributed by atoms with Gasteiger partial charge in [0.25, 0.3) is 5.79 Å². The number of esters is 2. The van der Waals surface area contributed by atoms with Crippen molar-refractivity contribution >= 4 is 41.3 Å². The second kappa shape index (κ2) is 24.3. The Morgan fingerprint density at radius 1 is 0.738 bits per heavy atom. The van der Waals surface area contributed by atoms with E-state index in [9.17, 15) is 19.8 Å². The minimum Gasteiger partial charge on any atom is -0.459 e. The van der Waals surface area contributed by atoms with E-state index in [4.69, 9.17) is 29.6 Å². The van der Waals surface area contributed by atoms with Gasteiger partial charge in [-0.25, -0.2) is 14.6 Å². The van der Waals surface area contributed by atoms with Crippen LogP contribution in [0.15, 0.2) is 65.7 Å². The van der Waals surface area contributed by atoms with Gasteiger partial charge in [-0.05, 0) is 52.0 Å². The van der Waals surface area contributed by atoms with Crippen LogP contribution in [-0.2, 0) is 38.2 Å². The number of aliphatic hydroxyl groups is 2. The lowest BCUT2D eigenvalue weighted by Crippen LogP contribution is -2.45. The monoisotopic (exact) mass is 590 g/mol. The predicted octanol–water partition coefficient (Wildman–Crippen LogP) is 3.74. The Bertz CT molecular complexity index is 1090. The van der Waals surface area contributed by atoms with Gasteiger partial charge >= 0.3 is 24.2 Å². The van der Waals surface area contributed by atoms with Crippen molar-refractivity contribution in [3.63, 3.8) is 0 Å². The number of carbonyl (C=O) groups is 2. The van der Waals surface area contributed by atoms with E-state index in [1.165, 1.54) is 13.8 Å². The quantitative estimate of drug-likeness (QED) is 0.184. The van der Waals surface area contributed by atoms with E-state index in [-0.39, 0.29) is 36.4 Å². The average Bonchev–Trinajstić information content (AvgIpc) is 2.89. The highest BCUT2D eigenvalue weighted by atomic mass is 16.6. The summed E-state index contributed by atoms with van der Waals surface area (Å²) in [6.07, 6.45) is 0.0390. The molecule has 42 heavy (non-hydrogen) atoms. The third kappa shape index (κ3) is 22.4. The van der Waals surface area contributed by atoms with E-state index in [2.05, 4.69) is 9.73 Å². The lowest BCUT2D eigenvalue weighted by atomic mass is 10.0. The average molecular weight is 591 g/mol. The molecule has 0 fully saturated rings. The summed E-state index contributed by atoms with van der Waals surface area (Å²) in [4.78, 5) is 59.7. The number of aliphatic imine (C=N–C) groups is 1. The zero-order valence-electron chi connectivity index (χ0n) is 25.3. The summed E-state index contributed by atoms with van der Waals surface area (Å²) in [5.74, 6) is -4.24. The molecule has 0 atom stereocenters. The van der Waals surface area contributed by atoms with Crippen molar-refractivity contribution in [2.75, 3.05) is 5.73 Å². The molecule has 0 unspecified atom stereocenters. The predicted molar refractivity (Wildman–Crippen MR) is 154 cm³/mol. The molecule has 0 bridgehead atoms. The first-order valence-electron chi connectivity index (χ1n) is 12.8. The van der Waals surface area contributed by atoms with Crippen molar-refractivity contribution in [1.82, 2.24) is 0 Å². The largest absolute Gasteiger partial charge is 0.459 e. The summed E-state index contributed by atoms with van der Waals surface area (Å²) < 4.78 is 9.81. The molecule has 2 aromatic rings. The number of rotatable bonds is 7. The first kappa shape index (κ1) is 42.0. The molecule has 0 aromatic heterocycles. The SMILES string of the molecule is CC(C)OC(=O)C(=Nc1ccccc1)C(C)C.CC(C)OC(=O)C(O)(O)C(C)C.Nc1ccccc1.O=C=O.O=C=O. The molecule has 0 spiro atoms. The van der Waals surface area contributed by atoms with Crippen molar-refractivity contribution in [2.45, 2.75) is 73.4 Å². The number of anilines is 1. The van der Waals surface area contributed by atoms with Crippen LogP contribution >= 0.6 is 0 Å². The third-order valence-electron chi connectivity index (χ3n) is 4.35. The zero-order chi connectivity index (χ0) is 33.3. The van der Waals surface area contributed by atoms with Crippen molar-refractivity contribution in [3.8, 4) is 0 Å². The summed E-state index contributed by atoms with van der Waals surface area (Å²) in [7, 11) is 0. The number of carbonyl (C=O) groups excluding carboxylic acids is 6. The van der Waals surface area contributed by atoms with Crippen LogP contribution in [0.4, 0.5) is 11.4 Å². The fourth-order valence-electron chi connectivity index (χ4n) is 2.32. The van der Waals surface area contributed by atoms with Gasteiger partial charge in [-0.15, -0.1) is 0 Å². The van der Waals surface area contributed by atoms with E-state index >= 15 is 0 Å². The zero-order valence-corrected chi connectivity index (χ0v) is 25.3. The van der Waals surface area contributed by atoms with Gasteiger partial charge in [0.05, 0.1) is 17.9 Å². The number of hydrogen-bond acceptors (Lipinski definition) is 12. The van der Waals surface area contributed by atoms with Crippen LogP contribution in [0.5, 0.6) is 0 Å². The van der Waals surface area contributed by atoms with Crippen LogP contribution in [0.1, 0.15) is 55.4 Å². The van der Waals surface area contributed by atoms with Crippen LogP contribution < -0.4 is 5.73 Å². The summed E-state index contributed by atoms with van der Waals surface area (Å²) in [6.45, 7) is 13.9. The maximum atomic E-state index is 11.8. The number of nitrogens with zero attached hydrogens (tertiary/aromatic N) is 1. The van der Waals surface area contributed by atoms with Gasteiger partial charge in [0.2, 0.25) is 0 Å². The Morgan fingerprint density at radius 3 is 1.40 bits per heavy atom. The van der Waals surface area contributed by atoms with Gasteiger partial charge in [0.15, 0.2) is 0 Å². The molecule has 0 aliphatic heterocycles. The molecule has 12 heteroatoms. The molecule has 0 aliphatic rings. The van der Waals surface area contributed by atoms with Crippen LogP contribution in [0, 0.1) is 11.8 Å². The minimum atomic E-state index is -2.37. The summed E-state index contributed by atoms with van der Waals surface area (Å²) in [5, 5.41) is 18.4. The third-order valence-corrected chi connectivity index (χ3v) is 4.35. The molecule has 0 amide bonds. The molecule has 232 valence electrons. The lowest BCUT2D eigenvalue weighted by molar-refractivity contribution is -0.226. The van der Waals surface area contributed by atoms with E-state index in [1.54, 1.807) is 13.8 Å². The Kier molecular flexibility index (Phi) is 24.3. The second-order valence-electron chi connectivity index (χ2n) is 9.35. The molecule has 2 rings (SSSR count). The molecule has 12 nitrogen and oxygen atoms in total. The van der Waals surface area contributed by atoms with Crippen molar-refractivity contribution in [1.29, 1.82) is 0 Å². The summed E-state index contributed by atoms with van der Waals surface area (Å²) in [5.41, 5.74) is 7.42. The first-order chi connectivity index (χ1) is 19.5. The number of nitrogen functional groups attached to an aromatic ring is 1. The minimum absolute atomic E-state index is 0.0430. The van der Waals surface area contributed by atoms with Crippen molar-refractivity contribution in [3.05, 3.63) is 60.7 Å². The van der Waals surface area contributed by atoms with Gasteiger partial charge < -0.3 is 25.4 Å². The normalized spacial score (nSPS) is 10.2. The summed E-state index contributed by atoms with van der Waals surface area (Å²) >= 11 is 0. The van der Waals surface area contributed by atoms with E-state index < -0.39 is 17.7 Å². The molecule has 0 saturated carbocycles. The number of nitrogens with two attached hydrogens (primary N) is 1.